The van der Waals surface area contributed by atoms with E-state index in [2.05, 4.69) is 18.7 Å². The van der Waals surface area contributed by atoms with Crippen LogP contribution in [-0.2, 0) is 14.3 Å². The van der Waals surface area contributed by atoms with E-state index >= 15 is 0 Å². The van der Waals surface area contributed by atoms with Gasteiger partial charge in [-0.2, -0.15) is 0 Å². The van der Waals surface area contributed by atoms with Gasteiger partial charge in [0, 0.05) is 68.7 Å². The van der Waals surface area contributed by atoms with Gasteiger partial charge in [0.1, 0.15) is 22.8 Å². The lowest BCUT2D eigenvalue weighted by atomic mass is 9.69. The van der Waals surface area contributed by atoms with Crippen LogP contribution in [0.1, 0.15) is 59.8 Å². The number of ketones is 2. The van der Waals surface area contributed by atoms with E-state index in [-0.39, 0.29) is 29.2 Å². The summed E-state index contributed by atoms with van der Waals surface area (Å²) in [5, 5.41) is 0.868. The Morgan fingerprint density at radius 1 is 1.05 bits per heavy atom. The van der Waals surface area contributed by atoms with Crippen molar-refractivity contribution in [3.05, 3.63) is 34.7 Å². The molecular formula is C30H41N3O6. The van der Waals surface area contributed by atoms with E-state index < -0.39 is 5.41 Å². The number of benzene rings is 1. The van der Waals surface area contributed by atoms with Crippen molar-refractivity contribution >= 4 is 40.0 Å². The van der Waals surface area contributed by atoms with Crippen LogP contribution in [0.25, 0.3) is 11.0 Å². The fraction of sp³-hybridized carbons (Fsp3) is 0.600. The Morgan fingerprint density at radius 2 is 1.77 bits per heavy atom. The number of anilines is 2. The predicted octanol–water partition coefficient (Wildman–Crippen LogP) is 4.64. The third-order valence-corrected chi connectivity index (χ3v) is 8.28. The molecule has 1 aromatic carbocycles. The molecular weight excluding hydrogens is 498 g/mol. The van der Waals surface area contributed by atoms with E-state index in [0.717, 1.165) is 37.0 Å². The SMILES string of the molecule is CCN(CC)c1ccc2cc(N3CCN(C(=O)OCCCCC4CCC(=O)C(C)(C)C4=O)CC3)c(=O)oc2c1. The van der Waals surface area contributed by atoms with Crippen LogP contribution in [0.5, 0.6) is 0 Å². The number of rotatable bonds is 9. The summed E-state index contributed by atoms with van der Waals surface area (Å²) in [5.41, 5.74) is 0.853. The minimum absolute atomic E-state index is 0.0312. The first-order valence-electron chi connectivity index (χ1n) is 14.2. The Morgan fingerprint density at radius 3 is 2.46 bits per heavy atom. The molecule has 1 aromatic heterocycles. The van der Waals surface area contributed by atoms with Crippen LogP contribution in [0, 0.1) is 11.3 Å². The lowest BCUT2D eigenvalue weighted by Crippen LogP contribution is -2.50. The normalized spacial score (nSPS) is 19.4. The lowest BCUT2D eigenvalue weighted by molar-refractivity contribution is -0.145. The smallest absolute Gasteiger partial charge is 0.409 e. The number of unbranched alkanes of at least 4 members (excludes halogenated alkanes) is 1. The second kappa shape index (κ2) is 12.2. The summed E-state index contributed by atoms with van der Waals surface area (Å²) in [5.74, 6) is -0.0131. The van der Waals surface area contributed by atoms with Gasteiger partial charge in [-0.05, 0) is 71.6 Å². The molecule has 2 aromatic rings. The van der Waals surface area contributed by atoms with Crippen molar-refractivity contribution in [1.29, 1.82) is 0 Å². The number of ether oxygens (including phenoxy) is 1. The average Bonchev–Trinajstić information content (AvgIpc) is 2.93. The van der Waals surface area contributed by atoms with Crippen LogP contribution in [0.2, 0.25) is 0 Å². The third kappa shape index (κ3) is 6.28. The van der Waals surface area contributed by atoms with E-state index in [1.807, 2.05) is 29.2 Å². The van der Waals surface area contributed by atoms with Crippen LogP contribution >= 0.6 is 0 Å². The van der Waals surface area contributed by atoms with Gasteiger partial charge in [-0.3, -0.25) is 9.59 Å². The highest BCUT2D eigenvalue weighted by molar-refractivity contribution is 6.09. The first-order valence-corrected chi connectivity index (χ1v) is 14.2. The molecule has 1 aliphatic heterocycles. The molecule has 2 aliphatic rings. The number of carbonyl (C=O) groups excluding carboxylic acids is 3. The zero-order valence-corrected chi connectivity index (χ0v) is 23.7. The van der Waals surface area contributed by atoms with Crippen molar-refractivity contribution in [3.63, 3.8) is 0 Å². The second-order valence-corrected chi connectivity index (χ2v) is 11.0. The molecule has 212 valence electrons. The van der Waals surface area contributed by atoms with Crippen molar-refractivity contribution in [2.24, 2.45) is 11.3 Å². The summed E-state index contributed by atoms with van der Waals surface area (Å²) in [4.78, 5) is 55.7. The van der Waals surface area contributed by atoms with E-state index in [1.54, 1.807) is 18.7 Å². The van der Waals surface area contributed by atoms with E-state index in [1.165, 1.54) is 0 Å². The minimum Gasteiger partial charge on any atom is -0.449 e. The van der Waals surface area contributed by atoms with Crippen LogP contribution in [0.4, 0.5) is 16.2 Å². The number of piperazine rings is 1. The number of fused-ring (bicyclic) bond motifs is 1. The maximum atomic E-state index is 12.8. The molecule has 4 rings (SSSR count). The molecule has 1 saturated heterocycles. The molecule has 0 spiro atoms. The summed E-state index contributed by atoms with van der Waals surface area (Å²) >= 11 is 0. The van der Waals surface area contributed by atoms with Crippen LogP contribution in [0.15, 0.2) is 33.5 Å². The molecule has 1 aliphatic carbocycles. The Labute approximate surface area is 230 Å². The minimum atomic E-state index is -0.875. The number of carbonyl (C=O) groups is 3. The van der Waals surface area contributed by atoms with Gasteiger partial charge in [0.05, 0.1) is 12.0 Å². The fourth-order valence-corrected chi connectivity index (χ4v) is 5.64. The summed E-state index contributed by atoms with van der Waals surface area (Å²) in [6.45, 7) is 11.6. The van der Waals surface area contributed by atoms with E-state index in [4.69, 9.17) is 9.15 Å². The van der Waals surface area contributed by atoms with Gasteiger partial charge in [-0.25, -0.2) is 9.59 Å². The number of hydrogen-bond donors (Lipinski definition) is 0. The number of nitrogens with zero attached hydrogens (tertiary/aromatic N) is 3. The highest BCUT2D eigenvalue weighted by atomic mass is 16.6. The topological polar surface area (TPSA) is 100 Å². The van der Waals surface area contributed by atoms with Crippen LogP contribution in [0.3, 0.4) is 0 Å². The Hall–Kier alpha value is -3.36. The Balaban J connectivity index is 1.23. The monoisotopic (exact) mass is 539 g/mol. The van der Waals surface area contributed by atoms with Gasteiger partial charge in [0.25, 0.3) is 0 Å². The van der Waals surface area contributed by atoms with E-state index in [0.29, 0.717) is 63.3 Å². The molecule has 0 bridgehead atoms. The second-order valence-electron chi connectivity index (χ2n) is 11.0. The maximum Gasteiger partial charge on any atom is 0.409 e. The zero-order valence-electron chi connectivity index (χ0n) is 23.7. The van der Waals surface area contributed by atoms with Gasteiger partial charge in [0.2, 0.25) is 0 Å². The maximum absolute atomic E-state index is 12.8. The van der Waals surface area contributed by atoms with Crippen LogP contribution < -0.4 is 15.4 Å². The molecule has 1 amide bonds. The zero-order chi connectivity index (χ0) is 28.2. The predicted molar refractivity (Wildman–Crippen MR) is 152 cm³/mol. The Kier molecular flexibility index (Phi) is 8.97. The summed E-state index contributed by atoms with van der Waals surface area (Å²) in [6.07, 6.45) is 2.90. The fourth-order valence-electron chi connectivity index (χ4n) is 5.64. The van der Waals surface area contributed by atoms with Crippen LogP contribution in [-0.4, -0.2) is 68.4 Å². The first-order chi connectivity index (χ1) is 18.6. The molecule has 1 atom stereocenters. The molecule has 2 fully saturated rings. The molecule has 9 heteroatoms. The van der Waals surface area contributed by atoms with Gasteiger partial charge in [-0.1, -0.05) is 0 Å². The largest absolute Gasteiger partial charge is 0.449 e. The highest BCUT2D eigenvalue weighted by Crippen LogP contribution is 2.35. The van der Waals surface area contributed by atoms with Crippen molar-refractivity contribution in [3.8, 4) is 0 Å². The first kappa shape index (κ1) is 28.6. The summed E-state index contributed by atoms with van der Waals surface area (Å²) in [6, 6.07) is 7.81. The standard InChI is InChI=1S/C30H41N3O6/c1-5-31(6-2)23-12-10-22-19-24(28(36)39-25(22)20-23)32-14-16-33(17-15-32)29(37)38-18-8-7-9-21-11-13-26(34)30(3,4)27(21)35/h10,12,19-21H,5-9,11,13-18H2,1-4H3. The van der Waals surface area contributed by atoms with Gasteiger partial charge < -0.3 is 23.9 Å². The van der Waals surface area contributed by atoms with Gasteiger partial charge in [-0.15, -0.1) is 0 Å². The Bertz CT molecular complexity index is 1260. The average molecular weight is 540 g/mol. The molecule has 39 heavy (non-hydrogen) atoms. The van der Waals surface area contributed by atoms with Crippen molar-refractivity contribution in [2.45, 2.75) is 59.8 Å². The van der Waals surface area contributed by atoms with Gasteiger partial charge in [0.15, 0.2) is 0 Å². The highest BCUT2D eigenvalue weighted by Gasteiger charge is 2.43. The third-order valence-electron chi connectivity index (χ3n) is 8.28. The molecule has 2 heterocycles. The number of amides is 1. The quantitative estimate of drug-likeness (QED) is 0.258. The number of hydrogen-bond acceptors (Lipinski definition) is 8. The summed E-state index contributed by atoms with van der Waals surface area (Å²) in [7, 11) is 0. The molecule has 9 nitrogen and oxygen atoms in total. The molecule has 0 radical (unpaired) electrons. The molecule has 1 unspecified atom stereocenters. The summed E-state index contributed by atoms with van der Waals surface area (Å²) < 4.78 is 11.1. The lowest BCUT2D eigenvalue weighted by Gasteiger charge is -2.34. The van der Waals surface area contributed by atoms with Gasteiger partial charge >= 0.3 is 11.7 Å². The van der Waals surface area contributed by atoms with Crippen molar-refractivity contribution in [1.82, 2.24) is 4.90 Å². The van der Waals surface area contributed by atoms with Crippen molar-refractivity contribution in [2.75, 3.05) is 55.7 Å². The molecule has 1 saturated carbocycles. The van der Waals surface area contributed by atoms with Crippen molar-refractivity contribution < 1.29 is 23.5 Å². The van der Waals surface area contributed by atoms with E-state index in [9.17, 15) is 19.2 Å². The molecule has 0 N–H and O–H groups in total. The number of Topliss-reactive ketones (excluding diaryl/α,β-unsaturated/α-hetero) is 2.